The molecule has 2 fully saturated rings. The van der Waals surface area contributed by atoms with Crippen molar-refractivity contribution in [3.8, 4) is 22.4 Å². The second-order valence-corrected chi connectivity index (χ2v) is 14.0. The zero-order valence-electron chi connectivity index (χ0n) is 24.6. The predicted molar refractivity (Wildman–Crippen MR) is 172 cm³/mol. The molecule has 3 atom stereocenters. The van der Waals surface area contributed by atoms with Gasteiger partial charge in [0.2, 0.25) is 0 Å². The Kier molecular flexibility index (Phi) is 6.28. The summed E-state index contributed by atoms with van der Waals surface area (Å²) >= 11 is 0. The van der Waals surface area contributed by atoms with Crippen LogP contribution in [0.15, 0.2) is 90.2 Å². The summed E-state index contributed by atoms with van der Waals surface area (Å²) < 4.78 is 28.1. The van der Waals surface area contributed by atoms with Gasteiger partial charge in [0.05, 0.1) is 11.4 Å². The number of sulfone groups is 1. The minimum Gasteiger partial charge on any atom is -0.384 e. The molecular formula is C34H31N7O3S. The summed E-state index contributed by atoms with van der Waals surface area (Å²) in [5.41, 5.74) is 12.5. The predicted octanol–water partition coefficient (Wildman–Crippen LogP) is 5.48. The van der Waals surface area contributed by atoms with Crippen molar-refractivity contribution in [2.24, 2.45) is 0 Å². The molecule has 0 spiro atoms. The van der Waals surface area contributed by atoms with Crippen LogP contribution in [0.1, 0.15) is 47.8 Å². The molecule has 5 aromatic heterocycles. The van der Waals surface area contributed by atoms with E-state index in [1.165, 1.54) is 6.26 Å². The van der Waals surface area contributed by atoms with E-state index in [1.54, 1.807) is 16.8 Å². The minimum atomic E-state index is -3.71. The molecule has 1 amide bonds. The highest BCUT2D eigenvalue weighted by Gasteiger charge is 2.46. The number of amides is 1. The first-order valence-corrected chi connectivity index (χ1v) is 16.9. The maximum Gasteiger partial charge on any atom is 0.270 e. The van der Waals surface area contributed by atoms with Gasteiger partial charge >= 0.3 is 0 Å². The fourth-order valence-electron chi connectivity index (χ4n) is 7.30. The van der Waals surface area contributed by atoms with Crippen molar-refractivity contribution in [2.75, 3.05) is 12.0 Å². The van der Waals surface area contributed by atoms with Crippen molar-refractivity contribution in [3.05, 3.63) is 96.7 Å². The summed E-state index contributed by atoms with van der Waals surface area (Å²) in [4.78, 5) is 33.0. The topological polar surface area (TPSA) is 139 Å². The molecule has 2 saturated heterocycles. The summed E-state index contributed by atoms with van der Waals surface area (Å²) in [5.74, 6) is -0.0751. The molecule has 10 nitrogen and oxygen atoms in total. The maximum atomic E-state index is 13.7. The lowest BCUT2D eigenvalue weighted by Crippen LogP contribution is -2.46. The summed E-state index contributed by atoms with van der Waals surface area (Å²) in [7, 11) is -3.71. The lowest BCUT2D eigenvalue weighted by molar-refractivity contribution is 0.0563. The molecule has 0 aliphatic carbocycles. The number of pyridine rings is 2. The fraction of sp³-hybridized carbons (Fsp3) is 0.235. The number of aromatic nitrogens is 5. The van der Waals surface area contributed by atoms with Crippen molar-refractivity contribution in [2.45, 2.75) is 48.6 Å². The lowest BCUT2D eigenvalue weighted by atomic mass is 9.87. The van der Waals surface area contributed by atoms with E-state index in [1.807, 2.05) is 77.8 Å². The number of H-pyrrole nitrogens is 1. The number of nitrogens with one attached hydrogen (secondary N) is 1. The number of rotatable bonds is 5. The van der Waals surface area contributed by atoms with E-state index in [2.05, 4.69) is 15.0 Å². The SMILES string of the molecule is CS(=O)(=O)c1c([C@@H]2C[C@H]3CC[C@@H](C2)N3C(=O)c2cc3cccnc3[nH]2)nc2c(-c3ccc(-c4ccccc4)nc3)ccn2c1N. The van der Waals surface area contributed by atoms with Gasteiger partial charge in [-0.25, -0.2) is 18.4 Å². The summed E-state index contributed by atoms with van der Waals surface area (Å²) in [6.45, 7) is 0. The van der Waals surface area contributed by atoms with Crippen LogP contribution in [0.4, 0.5) is 5.82 Å². The number of piperidine rings is 1. The summed E-state index contributed by atoms with van der Waals surface area (Å²) in [6.07, 6.45) is 9.37. The third kappa shape index (κ3) is 4.57. The molecule has 0 saturated carbocycles. The van der Waals surface area contributed by atoms with Crippen LogP contribution in [0.3, 0.4) is 0 Å². The molecule has 6 aromatic rings. The van der Waals surface area contributed by atoms with Gasteiger partial charge in [-0.05, 0) is 56.0 Å². The van der Waals surface area contributed by atoms with E-state index in [4.69, 9.17) is 10.7 Å². The number of hydrogen-bond acceptors (Lipinski definition) is 7. The van der Waals surface area contributed by atoms with Crippen LogP contribution >= 0.6 is 0 Å². The van der Waals surface area contributed by atoms with E-state index in [0.29, 0.717) is 35.5 Å². The fourth-order valence-corrected chi connectivity index (χ4v) is 8.37. The maximum absolute atomic E-state index is 13.7. The Morgan fingerprint density at radius 1 is 0.956 bits per heavy atom. The highest BCUT2D eigenvalue weighted by molar-refractivity contribution is 7.91. The Morgan fingerprint density at radius 2 is 1.73 bits per heavy atom. The Labute approximate surface area is 259 Å². The molecule has 45 heavy (non-hydrogen) atoms. The quantitative estimate of drug-likeness (QED) is 0.261. The Balaban J connectivity index is 1.16. The average Bonchev–Trinajstić information content (AvgIpc) is 3.74. The molecule has 8 rings (SSSR count). The van der Waals surface area contributed by atoms with Gasteiger partial charge in [-0.1, -0.05) is 36.4 Å². The molecule has 1 aromatic carbocycles. The molecule has 7 heterocycles. The number of nitrogens with zero attached hydrogens (tertiary/aromatic N) is 5. The zero-order chi connectivity index (χ0) is 30.9. The molecule has 226 valence electrons. The number of benzene rings is 1. The molecule has 2 aliphatic rings. The Bertz CT molecular complexity index is 2160. The number of nitrogens with two attached hydrogens (primary N) is 1. The zero-order valence-corrected chi connectivity index (χ0v) is 25.4. The van der Waals surface area contributed by atoms with Gasteiger partial charge in [0.25, 0.3) is 5.91 Å². The Hall–Kier alpha value is -5.03. The number of nitrogen functional groups attached to an aromatic ring is 1. The van der Waals surface area contributed by atoms with Crippen molar-refractivity contribution in [3.63, 3.8) is 0 Å². The van der Waals surface area contributed by atoms with Crippen LogP contribution in [0, 0.1) is 0 Å². The summed E-state index contributed by atoms with van der Waals surface area (Å²) in [5, 5.41) is 0.891. The van der Waals surface area contributed by atoms with Gasteiger partial charge in [-0.2, -0.15) is 0 Å². The van der Waals surface area contributed by atoms with Gasteiger partial charge < -0.3 is 15.6 Å². The number of fused-ring (bicyclic) bond motifs is 4. The third-order valence-electron chi connectivity index (χ3n) is 9.30. The van der Waals surface area contributed by atoms with Crippen molar-refractivity contribution in [1.29, 1.82) is 0 Å². The van der Waals surface area contributed by atoms with E-state index in [0.717, 1.165) is 40.6 Å². The standard InChI is InChI=1S/C34H31N7O3S/c1-45(43,44)30-29(23-16-24-10-11-25(17-23)41(24)34(42)28-18-21-8-5-14-36-32(21)38-28)39-33-26(13-15-40(33)31(30)35)22-9-12-27(37-19-22)20-6-3-2-4-7-20/h2-9,12-15,18-19,23-25H,10-11,16-17,35H2,1H3,(H,36,38)/t23-,24-,25+. The molecular weight excluding hydrogens is 586 g/mol. The summed E-state index contributed by atoms with van der Waals surface area (Å²) in [6, 6.07) is 21.4. The van der Waals surface area contributed by atoms with Gasteiger partial charge in [-0.15, -0.1) is 0 Å². The lowest BCUT2D eigenvalue weighted by Gasteiger charge is -2.39. The van der Waals surface area contributed by atoms with Crippen LogP contribution in [0.5, 0.6) is 0 Å². The normalized spacial score (nSPS) is 19.8. The number of anilines is 1. The van der Waals surface area contributed by atoms with E-state index in [9.17, 15) is 13.2 Å². The molecule has 11 heteroatoms. The highest BCUT2D eigenvalue weighted by atomic mass is 32.2. The largest absolute Gasteiger partial charge is 0.384 e. The van der Waals surface area contributed by atoms with Crippen LogP contribution in [-0.4, -0.2) is 61.9 Å². The number of aromatic amines is 1. The second kappa shape index (κ2) is 10.3. The van der Waals surface area contributed by atoms with Gasteiger partial charge in [0.1, 0.15) is 27.7 Å². The van der Waals surface area contributed by atoms with Crippen LogP contribution in [0.2, 0.25) is 0 Å². The highest BCUT2D eigenvalue weighted by Crippen LogP contribution is 2.46. The molecule has 0 unspecified atom stereocenters. The number of carbonyl (C=O) groups is 1. The second-order valence-electron chi connectivity index (χ2n) is 12.1. The first-order valence-electron chi connectivity index (χ1n) is 15.0. The van der Waals surface area contributed by atoms with Crippen LogP contribution < -0.4 is 5.73 Å². The number of carbonyl (C=O) groups excluding carboxylic acids is 1. The molecule has 3 N–H and O–H groups in total. The van der Waals surface area contributed by atoms with Gasteiger partial charge in [0.15, 0.2) is 9.84 Å². The first-order chi connectivity index (χ1) is 21.8. The monoisotopic (exact) mass is 617 g/mol. The molecule has 2 bridgehead atoms. The molecule has 0 radical (unpaired) electrons. The van der Waals surface area contributed by atoms with E-state index in [-0.39, 0.29) is 34.6 Å². The van der Waals surface area contributed by atoms with Crippen molar-refractivity contribution in [1.82, 2.24) is 29.2 Å². The van der Waals surface area contributed by atoms with Gasteiger partial charge in [0, 0.05) is 64.9 Å². The average molecular weight is 618 g/mol. The first kappa shape index (κ1) is 27.5. The van der Waals surface area contributed by atoms with Gasteiger partial charge in [-0.3, -0.25) is 14.2 Å². The Morgan fingerprint density at radius 3 is 2.42 bits per heavy atom. The van der Waals surface area contributed by atoms with Crippen molar-refractivity contribution >= 4 is 38.2 Å². The smallest absolute Gasteiger partial charge is 0.270 e. The van der Waals surface area contributed by atoms with E-state index < -0.39 is 9.84 Å². The minimum absolute atomic E-state index is 0.0340. The van der Waals surface area contributed by atoms with E-state index >= 15 is 0 Å². The molecule has 2 aliphatic heterocycles. The van der Waals surface area contributed by atoms with Crippen LogP contribution in [-0.2, 0) is 9.84 Å². The van der Waals surface area contributed by atoms with Crippen LogP contribution in [0.25, 0.3) is 39.1 Å². The van der Waals surface area contributed by atoms with Crippen molar-refractivity contribution < 1.29 is 13.2 Å². The number of hydrogen-bond donors (Lipinski definition) is 2. The third-order valence-corrected chi connectivity index (χ3v) is 10.5.